The van der Waals surface area contributed by atoms with Crippen LogP contribution in [0.3, 0.4) is 0 Å². The van der Waals surface area contributed by atoms with Crippen molar-refractivity contribution in [3.05, 3.63) is 71.3 Å². The number of hydrogen-bond acceptors (Lipinski definition) is 3. The third-order valence-electron chi connectivity index (χ3n) is 3.88. The molecule has 1 amide bonds. The van der Waals surface area contributed by atoms with Crippen LogP contribution >= 0.6 is 0 Å². The van der Waals surface area contributed by atoms with Crippen LogP contribution < -0.4 is 5.32 Å². The second-order valence-electron chi connectivity index (χ2n) is 6.18. The van der Waals surface area contributed by atoms with Gasteiger partial charge in [-0.25, -0.2) is 4.79 Å². The van der Waals surface area contributed by atoms with Crippen LogP contribution in [0.15, 0.2) is 54.6 Å². The third kappa shape index (κ3) is 7.66. The molecule has 0 aliphatic rings. The Labute approximate surface area is 159 Å². The van der Waals surface area contributed by atoms with Crippen LogP contribution in [-0.2, 0) is 22.6 Å². The minimum absolute atomic E-state index is 0.241. The van der Waals surface area contributed by atoms with E-state index >= 15 is 0 Å². The summed E-state index contributed by atoms with van der Waals surface area (Å²) in [5, 5.41) is 11.6. The summed E-state index contributed by atoms with van der Waals surface area (Å²) in [4.78, 5) is 22.5. The van der Waals surface area contributed by atoms with Crippen LogP contribution in [0.4, 0.5) is 4.79 Å². The van der Waals surface area contributed by atoms with Gasteiger partial charge in [0.2, 0.25) is 0 Å². The summed E-state index contributed by atoms with van der Waals surface area (Å²) in [5.74, 6) is 4.81. The highest BCUT2D eigenvalue weighted by Crippen LogP contribution is 2.10. The predicted octanol–water partition coefficient (Wildman–Crippen LogP) is 3.62. The quantitative estimate of drug-likeness (QED) is 0.580. The fraction of sp³-hybridized carbons (Fsp3) is 0.273. The van der Waals surface area contributed by atoms with Gasteiger partial charge in [0.05, 0.1) is 5.92 Å². The van der Waals surface area contributed by atoms with Gasteiger partial charge < -0.3 is 15.2 Å². The van der Waals surface area contributed by atoms with Gasteiger partial charge in [0.1, 0.15) is 6.61 Å². The SMILES string of the molecule is C[C@@H](Cc1ccc(C#CCCNC(=O)OCc2ccccc2)cc1)C(=O)O. The molecule has 1 atom stereocenters. The van der Waals surface area contributed by atoms with Crippen LogP contribution in [0.25, 0.3) is 0 Å². The molecule has 0 fully saturated rings. The van der Waals surface area contributed by atoms with Crippen LogP contribution in [0, 0.1) is 17.8 Å². The molecule has 0 unspecified atom stereocenters. The zero-order chi connectivity index (χ0) is 19.5. The molecule has 2 N–H and O–H groups in total. The van der Waals surface area contributed by atoms with Crippen molar-refractivity contribution >= 4 is 12.1 Å². The summed E-state index contributed by atoms with van der Waals surface area (Å²) in [6, 6.07) is 17.0. The number of ether oxygens (including phenoxy) is 1. The minimum Gasteiger partial charge on any atom is -0.481 e. The van der Waals surface area contributed by atoms with Gasteiger partial charge >= 0.3 is 12.1 Å². The summed E-state index contributed by atoms with van der Waals surface area (Å²) in [5.41, 5.74) is 2.76. The van der Waals surface area contributed by atoms with E-state index in [2.05, 4.69) is 17.2 Å². The van der Waals surface area contributed by atoms with Crippen molar-refractivity contribution in [3.63, 3.8) is 0 Å². The Balaban J connectivity index is 1.67. The van der Waals surface area contributed by atoms with Gasteiger partial charge in [-0.1, -0.05) is 61.2 Å². The molecular formula is C22H23NO4. The molecule has 2 aromatic carbocycles. The maximum atomic E-state index is 11.6. The van der Waals surface area contributed by atoms with Gasteiger partial charge in [-0.3, -0.25) is 4.79 Å². The van der Waals surface area contributed by atoms with Crippen molar-refractivity contribution in [1.82, 2.24) is 5.32 Å². The van der Waals surface area contributed by atoms with Crippen molar-refractivity contribution in [1.29, 1.82) is 0 Å². The molecular weight excluding hydrogens is 342 g/mol. The zero-order valence-corrected chi connectivity index (χ0v) is 15.3. The van der Waals surface area contributed by atoms with Crippen molar-refractivity contribution in [3.8, 4) is 11.8 Å². The van der Waals surface area contributed by atoms with Gasteiger partial charge in [-0.2, -0.15) is 0 Å². The molecule has 0 spiro atoms. The van der Waals surface area contributed by atoms with E-state index in [-0.39, 0.29) is 6.61 Å². The lowest BCUT2D eigenvalue weighted by Gasteiger charge is -2.06. The number of carboxylic acids is 1. The van der Waals surface area contributed by atoms with E-state index in [4.69, 9.17) is 9.84 Å². The van der Waals surface area contributed by atoms with Crippen molar-refractivity contribution in [2.75, 3.05) is 6.54 Å². The molecule has 0 bridgehead atoms. The topological polar surface area (TPSA) is 75.6 Å². The van der Waals surface area contributed by atoms with Gasteiger partial charge in [-0.05, 0) is 29.7 Å². The summed E-state index contributed by atoms with van der Waals surface area (Å²) in [6.07, 6.45) is 0.550. The van der Waals surface area contributed by atoms with E-state index in [0.29, 0.717) is 19.4 Å². The molecule has 0 saturated carbocycles. The molecule has 0 heterocycles. The van der Waals surface area contributed by atoms with E-state index in [1.165, 1.54) is 0 Å². The van der Waals surface area contributed by atoms with Crippen molar-refractivity contribution < 1.29 is 19.4 Å². The van der Waals surface area contributed by atoms with Gasteiger partial charge in [0, 0.05) is 18.5 Å². The first-order valence-corrected chi connectivity index (χ1v) is 8.80. The summed E-state index contributed by atoms with van der Waals surface area (Å²) in [7, 11) is 0. The second kappa shape index (κ2) is 10.7. The normalized spacial score (nSPS) is 11.0. The molecule has 0 aromatic heterocycles. The Kier molecular flexibility index (Phi) is 7.92. The lowest BCUT2D eigenvalue weighted by atomic mass is 10.0. The molecule has 0 aliphatic heterocycles. The first kappa shape index (κ1) is 20.1. The van der Waals surface area contributed by atoms with Gasteiger partial charge in [0.15, 0.2) is 0 Å². The molecule has 0 saturated heterocycles. The van der Waals surface area contributed by atoms with E-state index in [9.17, 15) is 9.59 Å². The minimum atomic E-state index is -0.798. The molecule has 2 rings (SSSR count). The standard InChI is InChI=1S/C22H23NO4/c1-17(21(24)25)15-19-12-10-18(11-13-19)7-5-6-14-23-22(26)27-16-20-8-3-2-4-9-20/h2-4,8-13,17H,6,14-16H2,1H3,(H,23,26)(H,24,25)/t17-/m0/s1. The average molecular weight is 365 g/mol. The lowest BCUT2D eigenvalue weighted by Crippen LogP contribution is -2.24. The summed E-state index contributed by atoms with van der Waals surface area (Å²) < 4.78 is 5.11. The van der Waals surface area contributed by atoms with E-state index in [0.717, 1.165) is 16.7 Å². The average Bonchev–Trinajstić information content (AvgIpc) is 2.68. The smallest absolute Gasteiger partial charge is 0.407 e. The molecule has 5 nitrogen and oxygen atoms in total. The highest BCUT2D eigenvalue weighted by molar-refractivity contribution is 5.69. The van der Waals surface area contributed by atoms with Crippen LogP contribution in [-0.4, -0.2) is 23.7 Å². The molecule has 27 heavy (non-hydrogen) atoms. The Morgan fingerprint density at radius 2 is 1.78 bits per heavy atom. The molecule has 2 aromatic rings. The van der Waals surface area contributed by atoms with Crippen LogP contribution in [0.5, 0.6) is 0 Å². The number of amides is 1. The fourth-order valence-electron chi connectivity index (χ4n) is 2.33. The Bertz CT molecular complexity index is 804. The second-order valence-corrected chi connectivity index (χ2v) is 6.18. The van der Waals surface area contributed by atoms with E-state index in [1.807, 2.05) is 54.6 Å². The predicted molar refractivity (Wildman–Crippen MR) is 103 cm³/mol. The first-order valence-electron chi connectivity index (χ1n) is 8.80. The van der Waals surface area contributed by atoms with Crippen molar-refractivity contribution in [2.24, 2.45) is 5.92 Å². The molecule has 140 valence electrons. The maximum Gasteiger partial charge on any atom is 0.407 e. The largest absolute Gasteiger partial charge is 0.481 e. The van der Waals surface area contributed by atoms with Gasteiger partial charge in [0.25, 0.3) is 0 Å². The Morgan fingerprint density at radius 3 is 2.44 bits per heavy atom. The van der Waals surface area contributed by atoms with Crippen LogP contribution in [0.1, 0.15) is 30.0 Å². The highest BCUT2D eigenvalue weighted by Gasteiger charge is 2.11. The van der Waals surface area contributed by atoms with Crippen molar-refractivity contribution in [2.45, 2.75) is 26.4 Å². The number of nitrogens with one attached hydrogen (secondary N) is 1. The number of aliphatic carboxylic acids is 1. The van der Waals surface area contributed by atoms with Gasteiger partial charge in [-0.15, -0.1) is 0 Å². The molecule has 5 heteroatoms. The zero-order valence-electron chi connectivity index (χ0n) is 15.3. The Hall–Kier alpha value is -3.26. The summed E-state index contributed by atoms with van der Waals surface area (Å²) >= 11 is 0. The Morgan fingerprint density at radius 1 is 1.07 bits per heavy atom. The number of carbonyl (C=O) groups excluding carboxylic acids is 1. The number of rotatable bonds is 7. The van der Waals surface area contributed by atoms with Crippen LogP contribution in [0.2, 0.25) is 0 Å². The third-order valence-corrected chi connectivity index (χ3v) is 3.88. The number of benzene rings is 2. The number of carboxylic acid groups (broad SMARTS) is 1. The number of carbonyl (C=O) groups is 2. The lowest BCUT2D eigenvalue weighted by molar-refractivity contribution is -0.141. The first-order chi connectivity index (χ1) is 13.0. The van der Waals surface area contributed by atoms with E-state index in [1.54, 1.807) is 6.92 Å². The highest BCUT2D eigenvalue weighted by atomic mass is 16.5. The number of hydrogen-bond donors (Lipinski definition) is 2. The molecule has 0 radical (unpaired) electrons. The maximum absolute atomic E-state index is 11.6. The monoisotopic (exact) mass is 365 g/mol. The number of alkyl carbamates (subject to hydrolysis) is 1. The molecule has 0 aliphatic carbocycles. The fourth-order valence-corrected chi connectivity index (χ4v) is 2.33. The van der Waals surface area contributed by atoms with E-state index < -0.39 is 18.0 Å². The summed E-state index contributed by atoms with van der Waals surface area (Å²) in [6.45, 7) is 2.34.